The van der Waals surface area contributed by atoms with Gasteiger partial charge in [-0.05, 0) is 53.8 Å². The first-order chi connectivity index (χ1) is 8.99. The van der Waals surface area contributed by atoms with Crippen molar-refractivity contribution in [3.8, 4) is 16.9 Å². The van der Waals surface area contributed by atoms with Gasteiger partial charge in [-0.3, -0.25) is 4.79 Å². The predicted molar refractivity (Wildman–Crippen MR) is 74.4 cm³/mol. The molecule has 2 N–H and O–H groups in total. The normalized spacial score (nSPS) is 10.4. The number of rotatable bonds is 3. The predicted octanol–water partition coefficient (Wildman–Crippen LogP) is 3.30. The molecule has 2 rings (SSSR count). The lowest BCUT2D eigenvalue weighted by Gasteiger charge is -2.13. The Kier molecular flexibility index (Phi) is 3.56. The molecule has 2 aromatic rings. The highest BCUT2D eigenvalue weighted by molar-refractivity contribution is 5.74. The standard InChI is InChI=1S/C16H16O3/c1-10-11(2)15(8-5-13(10)9-16(18)19)12-3-6-14(17)7-4-12/h3-8,17H,9H2,1-2H3,(H,18,19). The van der Waals surface area contributed by atoms with Gasteiger partial charge in [-0.1, -0.05) is 24.3 Å². The van der Waals surface area contributed by atoms with Crippen LogP contribution in [0.25, 0.3) is 11.1 Å². The van der Waals surface area contributed by atoms with Crippen LogP contribution in [0.3, 0.4) is 0 Å². The van der Waals surface area contributed by atoms with Crippen molar-refractivity contribution >= 4 is 5.97 Å². The summed E-state index contributed by atoms with van der Waals surface area (Å²) in [5, 5.41) is 18.2. The van der Waals surface area contributed by atoms with Crippen molar-refractivity contribution in [1.82, 2.24) is 0 Å². The van der Waals surface area contributed by atoms with Crippen molar-refractivity contribution in [2.75, 3.05) is 0 Å². The Labute approximate surface area is 112 Å². The fourth-order valence-electron chi connectivity index (χ4n) is 2.18. The first-order valence-corrected chi connectivity index (χ1v) is 6.09. The molecule has 0 amide bonds. The third kappa shape index (κ3) is 2.76. The number of hydrogen-bond acceptors (Lipinski definition) is 2. The summed E-state index contributed by atoms with van der Waals surface area (Å²) in [5.74, 6) is -0.583. The molecule has 98 valence electrons. The molecule has 0 aliphatic rings. The second kappa shape index (κ2) is 5.14. The molecule has 0 aromatic heterocycles. The maximum atomic E-state index is 10.8. The van der Waals surface area contributed by atoms with Crippen molar-refractivity contribution in [3.63, 3.8) is 0 Å². The Hall–Kier alpha value is -2.29. The lowest BCUT2D eigenvalue weighted by atomic mass is 9.92. The summed E-state index contributed by atoms with van der Waals surface area (Å²) in [7, 11) is 0. The molecular weight excluding hydrogens is 240 g/mol. The van der Waals surface area contributed by atoms with E-state index in [1.807, 2.05) is 38.1 Å². The lowest BCUT2D eigenvalue weighted by Crippen LogP contribution is -2.03. The highest BCUT2D eigenvalue weighted by atomic mass is 16.4. The Bertz CT molecular complexity index is 613. The number of phenolic OH excluding ortho intramolecular Hbond substituents is 1. The number of phenols is 1. The van der Waals surface area contributed by atoms with E-state index < -0.39 is 5.97 Å². The first-order valence-electron chi connectivity index (χ1n) is 6.09. The zero-order chi connectivity index (χ0) is 14.0. The van der Waals surface area contributed by atoms with Crippen molar-refractivity contribution in [3.05, 3.63) is 53.1 Å². The number of aromatic hydroxyl groups is 1. The minimum absolute atomic E-state index is 0.0442. The zero-order valence-corrected chi connectivity index (χ0v) is 11.0. The molecule has 0 heterocycles. The van der Waals surface area contributed by atoms with Crippen LogP contribution >= 0.6 is 0 Å². The van der Waals surface area contributed by atoms with Crippen LogP contribution in [-0.2, 0) is 11.2 Å². The Morgan fingerprint density at radius 3 is 2.21 bits per heavy atom. The maximum Gasteiger partial charge on any atom is 0.307 e. The van der Waals surface area contributed by atoms with Gasteiger partial charge in [0.15, 0.2) is 0 Å². The Morgan fingerprint density at radius 2 is 1.63 bits per heavy atom. The summed E-state index contributed by atoms with van der Waals surface area (Å²) in [4.78, 5) is 10.8. The van der Waals surface area contributed by atoms with Crippen molar-refractivity contribution in [2.24, 2.45) is 0 Å². The van der Waals surface area contributed by atoms with Crippen LogP contribution in [0.4, 0.5) is 0 Å². The van der Waals surface area contributed by atoms with Gasteiger partial charge in [0.05, 0.1) is 6.42 Å². The SMILES string of the molecule is Cc1c(CC(=O)O)ccc(-c2ccc(O)cc2)c1C. The zero-order valence-electron chi connectivity index (χ0n) is 11.0. The van der Waals surface area contributed by atoms with E-state index in [0.29, 0.717) is 0 Å². The molecule has 0 bridgehead atoms. The van der Waals surface area contributed by atoms with E-state index in [1.54, 1.807) is 12.1 Å². The minimum atomic E-state index is -0.820. The van der Waals surface area contributed by atoms with E-state index >= 15 is 0 Å². The van der Waals surface area contributed by atoms with E-state index in [9.17, 15) is 9.90 Å². The third-order valence-corrected chi connectivity index (χ3v) is 3.42. The van der Waals surface area contributed by atoms with Crippen molar-refractivity contribution in [1.29, 1.82) is 0 Å². The summed E-state index contributed by atoms with van der Waals surface area (Å²) in [6.45, 7) is 3.93. The highest BCUT2D eigenvalue weighted by Gasteiger charge is 2.10. The second-order valence-electron chi connectivity index (χ2n) is 4.64. The smallest absolute Gasteiger partial charge is 0.307 e. The van der Waals surface area contributed by atoms with Crippen LogP contribution < -0.4 is 0 Å². The number of carbonyl (C=O) groups is 1. The van der Waals surface area contributed by atoms with E-state index in [0.717, 1.165) is 27.8 Å². The fourth-order valence-corrected chi connectivity index (χ4v) is 2.18. The van der Waals surface area contributed by atoms with E-state index in [4.69, 9.17) is 5.11 Å². The molecule has 0 saturated carbocycles. The second-order valence-corrected chi connectivity index (χ2v) is 4.64. The molecule has 0 radical (unpaired) electrons. The molecule has 3 heteroatoms. The summed E-state index contributed by atoms with van der Waals surface area (Å²) >= 11 is 0. The largest absolute Gasteiger partial charge is 0.508 e. The Morgan fingerprint density at radius 1 is 1.00 bits per heavy atom. The van der Waals surface area contributed by atoms with E-state index in [2.05, 4.69) is 0 Å². The molecule has 19 heavy (non-hydrogen) atoms. The topological polar surface area (TPSA) is 57.5 Å². The van der Waals surface area contributed by atoms with Gasteiger partial charge >= 0.3 is 5.97 Å². The molecule has 0 spiro atoms. The highest BCUT2D eigenvalue weighted by Crippen LogP contribution is 2.28. The molecule has 0 unspecified atom stereocenters. The van der Waals surface area contributed by atoms with E-state index in [-0.39, 0.29) is 12.2 Å². The molecule has 2 aromatic carbocycles. The van der Waals surface area contributed by atoms with Crippen molar-refractivity contribution in [2.45, 2.75) is 20.3 Å². The van der Waals surface area contributed by atoms with Gasteiger partial charge in [-0.2, -0.15) is 0 Å². The molecule has 3 nitrogen and oxygen atoms in total. The summed E-state index contributed by atoms with van der Waals surface area (Å²) in [6.07, 6.45) is 0.0442. The fraction of sp³-hybridized carbons (Fsp3) is 0.188. The average Bonchev–Trinajstić information content (AvgIpc) is 2.36. The van der Waals surface area contributed by atoms with Crippen LogP contribution in [-0.4, -0.2) is 16.2 Å². The van der Waals surface area contributed by atoms with Crippen LogP contribution in [0.1, 0.15) is 16.7 Å². The van der Waals surface area contributed by atoms with Crippen LogP contribution in [0.5, 0.6) is 5.75 Å². The van der Waals surface area contributed by atoms with Gasteiger partial charge in [-0.15, -0.1) is 0 Å². The third-order valence-electron chi connectivity index (χ3n) is 3.42. The van der Waals surface area contributed by atoms with Gasteiger partial charge in [0, 0.05) is 0 Å². The Balaban J connectivity index is 2.46. The van der Waals surface area contributed by atoms with Gasteiger partial charge in [-0.25, -0.2) is 0 Å². The lowest BCUT2D eigenvalue weighted by molar-refractivity contribution is -0.136. The molecule has 0 fully saturated rings. The molecule has 0 aliphatic heterocycles. The quantitative estimate of drug-likeness (QED) is 0.885. The van der Waals surface area contributed by atoms with E-state index in [1.165, 1.54) is 0 Å². The van der Waals surface area contributed by atoms with Crippen molar-refractivity contribution < 1.29 is 15.0 Å². The summed E-state index contributed by atoms with van der Waals surface area (Å²) in [6, 6.07) is 10.8. The molecule has 0 aliphatic carbocycles. The van der Waals surface area contributed by atoms with Gasteiger partial charge in [0.2, 0.25) is 0 Å². The monoisotopic (exact) mass is 256 g/mol. The maximum absolute atomic E-state index is 10.8. The average molecular weight is 256 g/mol. The minimum Gasteiger partial charge on any atom is -0.508 e. The number of carboxylic acid groups (broad SMARTS) is 1. The van der Waals surface area contributed by atoms with Gasteiger partial charge < -0.3 is 10.2 Å². The van der Waals surface area contributed by atoms with Crippen LogP contribution in [0, 0.1) is 13.8 Å². The molecule has 0 saturated heterocycles. The summed E-state index contributed by atoms with van der Waals surface area (Å²) < 4.78 is 0. The first kappa shape index (κ1) is 13.1. The number of hydrogen-bond donors (Lipinski definition) is 2. The number of aliphatic carboxylic acids is 1. The van der Waals surface area contributed by atoms with Crippen LogP contribution in [0.2, 0.25) is 0 Å². The summed E-state index contributed by atoms with van der Waals surface area (Å²) in [5.41, 5.74) is 5.00. The number of carboxylic acids is 1. The van der Waals surface area contributed by atoms with Crippen LogP contribution in [0.15, 0.2) is 36.4 Å². The molecular formula is C16H16O3. The van der Waals surface area contributed by atoms with Gasteiger partial charge in [0.25, 0.3) is 0 Å². The number of benzene rings is 2. The van der Waals surface area contributed by atoms with Gasteiger partial charge in [0.1, 0.15) is 5.75 Å². The molecule has 0 atom stereocenters.